The molecule has 2 heterocycles. The van der Waals surface area contributed by atoms with E-state index in [1.54, 1.807) is 24.3 Å². The second-order valence-electron chi connectivity index (χ2n) is 7.03. The topological polar surface area (TPSA) is 126 Å². The van der Waals surface area contributed by atoms with Crippen molar-refractivity contribution in [3.63, 3.8) is 0 Å². The number of aromatic nitrogens is 1. The number of thiazole rings is 1. The molecule has 1 atom stereocenters. The van der Waals surface area contributed by atoms with Crippen LogP contribution in [0.25, 0.3) is 0 Å². The van der Waals surface area contributed by atoms with Crippen molar-refractivity contribution >= 4 is 45.8 Å². The summed E-state index contributed by atoms with van der Waals surface area (Å²) < 4.78 is 4.74. The summed E-state index contributed by atoms with van der Waals surface area (Å²) in [7, 11) is 1.27. The number of para-hydroxylation sites is 1. The highest BCUT2D eigenvalue weighted by molar-refractivity contribution is 7.16. The minimum atomic E-state index is -0.844. The van der Waals surface area contributed by atoms with E-state index in [2.05, 4.69) is 20.9 Å². The van der Waals surface area contributed by atoms with E-state index in [9.17, 15) is 19.2 Å². The smallest absolute Gasteiger partial charge is 0.357 e. The highest BCUT2D eigenvalue weighted by Gasteiger charge is 2.28. The lowest BCUT2D eigenvalue weighted by atomic mass is 10.1. The fourth-order valence-electron chi connectivity index (χ4n) is 2.99. The Kier molecular flexibility index (Phi) is 6.46. The van der Waals surface area contributed by atoms with Crippen molar-refractivity contribution in [2.75, 3.05) is 17.7 Å². The van der Waals surface area contributed by atoms with Crippen LogP contribution in [0.3, 0.4) is 0 Å². The number of carbonyl (C=O) groups is 4. The van der Waals surface area contributed by atoms with Gasteiger partial charge < -0.3 is 20.7 Å². The average Bonchev–Trinajstić information content (AvgIpc) is 3.09. The molecule has 158 valence electrons. The second kappa shape index (κ2) is 9.04. The lowest BCUT2D eigenvalue weighted by molar-refractivity contribution is -0.118. The minimum absolute atomic E-state index is 0.0150. The summed E-state index contributed by atoms with van der Waals surface area (Å²) in [5.41, 5.74) is 0.990. The number of nitrogens with zero attached hydrogens (tertiary/aromatic N) is 1. The average molecular weight is 430 g/mol. The van der Waals surface area contributed by atoms with E-state index in [1.165, 1.54) is 18.4 Å². The molecule has 0 saturated carbocycles. The quantitative estimate of drug-likeness (QED) is 0.605. The normalized spacial score (nSPS) is 15.7. The van der Waals surface area contributed by atoms with Crippen molar-refractivity contribution in [2.45, 2.75) is 38.6 Å². The lowest BCUT2D eigenvalue weighted by Crippen LogP contribution is -2.41. The molecule has 1 aromatic carbocycles. The van der Waals surface area contributed by atoms with Crippen LogP contribution in [0.4, 0.5) is 10.8 Å². The van der Waals surface area contributed by atoms with E-state index in [4.69, 9.17) is 4.74 Å². The zero-order valence-corrected chi connectivity index (χ0v) is 17.6. The van der Waals surface area contributed by atoms with Gasteiger partial charge in [0.1, 0.15) is 6.04 Å². The number of hydrogen-bond acceptors (Lipinski definition) is 7. The minimum Gasteiger partial charge on any atom is -0.464 e. The number of amides is 3. The fourth-order valence-corrected chi connectivity index (χ4v) is 3.96. The monoisotopic (exact) mass is 430 g/mol. The van der Waals surface area contributed by atoms with Gasteiger partial charge in [0.15, 0.2) is 10.8 Å². The first-order valence-corrected chi connectivity index (χ1v) is 10.2. The van der Waals surface area contributed by atoms with Crippen LogP contribution in [0.1, 0.15) is 58.3 Å². The lowest BCUT2D eigenvalue weighted by Gasteiger charge is -2.13. The molecule has 3 amide bonds. The molecule has 0 unspecified atom stereocenters. The molecule has 1 aliphatic rings. The van der Waals surface area contributed by atoms with Crippen molar-refractivity contribution in [1.29, 1.82) is 0 Å². The van der Waals surface area contributed by atoms with Crippen LogP contribution in [-0.4, -0.2) is 41.8 Å². The summed E-state index contributed by atoms with van der Waals surface area (Å²) in [6.45, 7) is 3.83. The van der Waals surface area contributed by atoms with Crippen LogP contribution < -0.4 is 16.0 Å². The van der Waals surface area contributed by atoms with Crippen molar-refractivity contribution in [1.82, 2.24) is 10.3 Å². The van der Waals surface area contributed by atoms with E-state index in [0.717, 1.165) is 0 Å². The molecule has 2 aromatic rings. The number of anilines is 2. The first kappa shape index (κ1) is 21.4. The zero-order chi connectivity index (χ0) is 21.8. The van der Waals surface area contributed by atoms with Gasteiger partial charge in [-0.05, 0) is 24.5 Å². The van der Waals surface area contributed by atoms with Crippen LogP contribution in [0.15, 0.2) is 24.3 Å². The number of esters is 1. The molecule has 3 rings (SSSR count). The summed E-state index contributed by atoms with van der Waals surface area (Å²) in [5, 5.41) is 8.29. The molecule has 0 aliphatic carbocycles. The highest BCUT2D eigenvalue weighted by atomic mass is 32.1. The number of rotatable bonds is 6. The predicted octanol–water partition coefficient (Wildman–Crippen LogP) is 2.52. The van der Waals surface area contributed by atoms with Gasteiger partial charge in [-0.1, -0.05) is 26.0 Å². The standard InChI is InChI=1S/C20H22N4O5S/c1-10(2)16-15(19(28)29-3)24-20(30-16)23-14(25)9-8-13-18(27)21-12-7-5-4-6-11(12)17(26)22-13/h4-7,10,13H,8-9H2,1-3H3,(H,21,27)(H,22,26)(H,23,24,25)/t13-/m1/s1. The van der Waals surface area contributed by atoms with Gasteiger partial charge in [-0.3, -0.25) is 14.4 Å². The van der Waals surface area contributed by atoms with Crippen molar-refractivity contribution in [3.8, 4) is 0 Å². The van der Waals surface area contributed by atoms with Crippen LogP contribution in [0, 0.1) is 0 Å². The Hall–Kier alpha value is -3.27. The molecule has 10 heteroatoms. The number of nitrogens with one attached hydrogen (secondary N) is 3. The molecule has 0 spiro atoms. The maximum absolute atomic E-state index is 12.4. The van der Waals surface area contributed by atoms with Gasteiger partial charge in [-0.15, -0.1) is 11.3 Å². The molecular formula is C20H22N4O5S. The second-order valence-corrected chi connectivity index (χ2v) is 8.06. The number of ether oxygens (including phenoxy) is 1. The van der Waals surface area contributed by atoms with Gasteiger partial charge in [0.05, 0.1) is 18.4 Å². The summed E-state index contributed by atoms with van der Waals surface area (Å²) in [6, 6.07) is 5.86. The Balaban J connectivity index is 1.63. The third-order valence-corrected chi connectivity index (χ3v) is 5.79. The van der Waals surface area contributed by atoms with Gasteiger partial charge in [0, 0.05) is 11.3 Å². The van der Waals surface area contributed by atoms with E-state index >= 15 is 0 Å². The van der Waals surface area contributed by atoms with E-state index < -0.39 is 12.0 Å². The molecule has 0 saturated heterocycles. The number of benzene rings is 1. The molecular weight excluding hydrogens is 408 g/mol. The summed E-state index contributed by atoms with van der Waals surface area (Å²) >= 11 is 1.20. The van der Waals surface area contributed by atoms with E-state index in [0.29, 0.717) is 16.1 Å². The molecule has 0 fully saturated rings. The number of carbonyl (C=O) groups excluding carboxylic acids is 4. The Morgan fingerprint density at radius 2 is 2.00 bits per heavy atom. The highest BCUT2D eigenvalue weighted by Crippen LogP contribution is 2.30. The van der Waals surface area contributed by atoms with E-state index in [1.807, 2.05) is 13.8 Å². The van der Waals surface area contributed by atoms with Gasteiger partial charge in [-0.25, -0.2) is 9.78 Å². The van der Waals surface area contributed by atoms with E-state index in [-0.39, 0.29) is 47.3 Å². The number of fused-ring (bicyclic) bond motifs is 1. The molecule has 1 aromatic heterocycles. The summed E-state index contributed by atoms with van der Waals surface area (Å²) in [6.07, 6.45) is 0.0997. The van der Waals surface area contributed by atoms with Crippen molar-refractivity contribution in [2.24, 2.45) is 0 Å². The first-order chi connectivity index (χ1) is 14.3. The number of hydrogen-bond donors (Lipinski definition) is 3. The molecule has 0 radical (unpaired) electrons. The summed E-state index contributed by atoms with van der Waals surface area (Å²) in [4.78, 5) is 53.9. The number of methoxy groups -OCH3 is 1. The van der Waals surface area contributed by atoms with Crippen LogP contribution in [0.2, 0.25) is 0 Å². The Morgan fingerprint density at radius 3 is 2.70 bits per heavy atom. The van der Waals surface area contributed by atoms with Crippen LogP contribution in [0.5, 0.6) is 0 Å². The van der Waals surface area contributed by atoms with Crippen molar-refractivity contribution in [3.05, 3.63) is 40.4 Å². The molecule has 30 heavy (non-hydrogen) atoms. The van der Waals surface area contributed by atoms with Crippen LogP contribution in [-0.2, 0) is 14.3 Å². The fraction of sp³-hybridized carbons (Fsp3) is 0.350. The van der Waals surface area contributed by atoms with Gasteiger partial charge >= 0.3 is 5.97 Å². The molecule has 3 N–H and O–H groups in total. The zero-order valence-electron chi connectivity index (χ0n) is 16.8. The predicted molar refractivity (Wildman–Crippen MR) is 112 cm³/mol. The van der Waals surface area contributed by atoms with Crippen LogP contribution >= 0.6 is 11.3 Å². The van der Waals surface area contributed by atoms with Crippen molar-refractivity contribution < 1.29 is 23.9 Å². The third-order valence-electron chi connectivity index (χ3n) is 4.51. The van der Waals surface area contributed by atoms with Gasteiger partial charge in [0.25, 0.3) is 5.91 Å². The Bertz CT molecular complexity index is 1000. The third kappa shape index (κ3) is 4.65. The van der Waals surface area contributed by atoms with Gasteiger partial charge in [-0.2, -0.15) is 0 Å². The Morgan fingerprint density at radius 1 is 1.27 bits per heavy atom. The molecule has 1 aliphatic heterocycles. The SMILES string of the molecule is COC(=O)c1nc(NC(=O)CC[C@H]2NC(=O)c3ccccc3NC2=O)sc1C(C)C. The maximum atomic E-state index is 12.4. The maximum Gasteiger partial charge on any atom is 0.357 e. The molecule has 9 nitrogen and oxygen atoms in total. The largest absolute Gasteiger partial charge is 0.464 e. The molecule has 0 bridgehead atoms. The summed E-state index contributed by atoms with van der Waals surface area (Å²) in [5.74, 6) is -1.66. The Labute approximate surface area is 177 Å². The first-order valence-electron chi connectivity index (χ1n) is 9.39. The van der Waals surface area contributed by atoms with Gasteiger partial charge in [0.2, 0.25) is 11.8 Å².